The van der Waals surface area contributed by atoms with Gasteiger partial charge in [0.15, 0.2) is 0 Å². The molecule has 1 aromatic carbocycles. The Morgan fingerprint density at radius 2 is 1.75 bits per heavy atom. The SMILES string of the molecule is Cc1cc[c-]cc1.[Rh]. The van der Waals surface area contributed by atoms with Crippen molar-refractivity contribution in [2.24, 2.45) is 0 Å². The molecule has 0 spiro atoms. The molecule has 0 N–H and O–H groups in total. The summed E-state index contributed by atoms with van der Waals surface area (Å²) in [5.41, 5.74) is 1.29. The average molecular weight is 194 g/mol. The van der Waals surface area contributed by atoms with Gasteiger partial charge in [-0.25, -0.2) is 0 Å². The number of hydrogen-bond acceptors (Lipinski definition) is 0. The van der Waals surface area contributed by atoms with Gasteiger partial charge in [-0.05, 0) is 0 Å². The smallest absolute Gasteiger partial charge is 0 e. The van der Waals surface area contributed by atoms with Crippen molar-refractivity contribution < 1.29 is 19.5 Å². The van der Waals surface area contributed by atoms with E-state index in [9.17, 15) is 0 Å². The molecule has 0 aliphatic heterocycles. The first-order valence-electron chi connectivity index (χ1n) is 2.32. The topological polar surface area (TPSA) is 0 Å². The normalized spacial score (nSPS) is 7.62. The molecule has 0 unspecified atom stereocenters. The van der Waals surface area contributed by atoms with Gasteiger partial charge in [-0.3, -0.25) is 0 Å². The zero-order valence-electron chi connectivity index (χ0n) is 4.64. The minimum absolute atomic E-state index is 0. The van der Waals surface area contributed by atoms with Crippen LogP contribution < -0.4 is 0 Å². The summed E-state index contributed by atoms with van der Waals surface area (Å²) in [6.07, 6.45) is 0. The maximum atomic E-state index is 2.93. The van der Waals surface area contributed by atoms with Crippen molar-refractivity contribution in [1.29, 1.82) is 0 Å². The van der Waals surface area contributed by atoms with Gasteiger partial charge < -0.3 is 0 Å². The summed E-state index contributed by atoms with van der Waals surface area (Å²) in [5.74, 6) is 0. The third-order valence-electron chi connectivity index (χ3n) is 0.885. The maximum absolute atomic E-state index is 2.93. The van der Waals surface area contributed by atoms with Gasteiger partial charge in [-0.15, -0.1) is 0 Å². The van der Waals surface area contributed by atoms with E-state index in [-0.39, 0.29) is 19.5 Å². The van der Waals surface area contributed by atoms with Crippen molar-refractivity contribution in [3.63, 3.8) is 0 Å². The molecular formula is C7H7Rh-. The summed E-state index contributed by atoms with van der Waals surface area (Å²) in [7, 11) is 0. The van der Waals surface area contributed by atoms with E-state index in [1.807, 2.05) is 24.3 Å². The molecule has 0 saturated carbocycles. The summed E-state index contributed by atoms with van der Waals surface area (Å²) in [6.45, 7) is 2.06. The largest absolute Gasteiger partial charge is 0.184 e. The van der Waals surface area contributed by atoms with Gasteiger partial charge >= 0.3 is 0 Å². The second kappa shape index (κ2) is 3.80. The Morgan fingerprint density at radius 3 is 2.00 bits per heavy atom. The summed E-state index contributed by atoms with van der Waals surface area (Å²) in [6, 6.07) is 10.8. The molecule has 0 aliphatic carbocycles. The molecule has 0 aromatic heterocycles. The standard InChI is InChI=1S/C7H7.Rh/c1-7-5-3-2-4-6-7;/h3-6H,1H3;/q-1;. The second-order valence-corrected chi connectivity index (χ2v) is 1.58. The molecule has 0 saturated heterocycles. The quantitative estimate of drug-likeness (QED) is 0.436. The summed E-state index contributed by atoms with van der Waals surface area (Å²) in [4.78, 5) is 0. The van der Waals surface area contributed by atoms with E-state index in [1.54, 1.807) is 0 Å². The Labute approximate surface area is 62.7 Å². The average Bonchev–Trinajstić information content (AvgIpc) is 1.69. The molecule has 0 bridgehead atoms. The summed E-state index contributed by atoms with van der Waals surface area (Å²) < 4.78 is 0. The van der Waals surface area contributed by atoms with Gasteiger partial charge in [0, 0.05) is 19.5 Å². The maximum Gasteiger partial charge on any atom is 0 e. The number of rotatable bonds is 0. The number of hydrogen-bond donors (Lipinski definition) is 0. The molecule has 1 aromatic rings. The van der Waals surface area contributed by atoms with E-state index in [1.165, 1.54) is 5.56 Å². The Balaban J connectivity index is 0.000000490. The van der Waals surface area contributed by atoms with E-state index >= 15 is 0 Å². The van der Waals surface area contributed by atoms with Gasteiger partial charge in [0.1, 0.15) is 0 Å². The minimum Gasteiger partial charge on any atom is -0.184 e. The van der Waals surface area contributed by atoms with Gasteiger partial charge in [0.2, 0.25) is 0 Å². The molecule has 1 rings (SSSR count). The van der Waals surface area contributed by atoms with Crippen molar-refractivity contribution >= 4 is 0 Å². The molecule has 0 amide bonds. The van der Waals surface area contributed by atoms with Crippen LogP contribution in [0.4, 0.5) is 0 Å². The molecule has 0 fully saturated rings. The zero-order valence-corrected chi connectivity index (χ0v) is 6.28. The monoisotopic (exact) mass is 194 g/mol. The third-order valence-corrected chi connectivity index (χ3v) is 0.885. The Hall–Kier alpha value is -0.157. The first-order chi connectivity index (χ1) is 3.39. The molecule has 0 atom stereocenters. The molecule has 1 radical (unpaired) electrons. The summed E-state index contributed by atoms with van der Waals surface area (Å²) >= 11 is 0. The third kappa shape index (κ3) is 2.23. The molecule has 0 nitrogen and oxygen atoms in total. The first kappa shape index (κ1) is 7.84. The van der Waals surface area contributed by atoms with Gasteiger partial charge in [0.05, 0.1) is 0 Å². The van der Waals surface area contributed by atoms with Crippen LogP contribution in [-0.2, 0) is 19.5 Å². The molecule has 45 valence electrons. The van der Waals surface area contributed by atoms with Crippen molar-refractivity contribution in [3.05, 3.63) is 35.9 Å². The van der Waals surface area contributed by atoms with Crippen LogP contribution >= 0.6 is 0 Å². The van der Waals surface area contributed by atoms with E-state index in [0.29, 0.717) is 0 Å². The van der Waals surface area contributed by atoms with Crippen molar-refractivity contribution in [2.45, 2.75) is 6.92 Å². The van der Waals surface area contributed by atoms with Crippen molar-refractivity contribution in [3.8, 4) is 0 Å². The first-order valence-corrected chi connectivity index (χ1v) is 2.32. The zero-order chi connectivity index (χ0) is 5.11. The van der Waals surface area contributed by atoms with Crippen LogP contribution in [0.15, 0.2) is 24.3 Å². The van der Waals surface area contributed by atoms with Gasteiger partial charge in [-0.1, -0.05) is 6.92 Å². The second-order valence-electron chi connectivity index (χ2n) is 1.58. The predicted molar refractivity (Wildman–Crippen MR) is 30.0 cm³/mol. The van der Waals surface area contributed by atoms with Crippen LogP contribution in [0.25, 0.3) is 0 Å². The number of benzene rings is 1. The van der Waals surface area contributed by atoms with E-state index in [2.05, 4.69) is 13.0 Å². The Bertz CT molecular complexity index is 134. The van der Waals surface area contributed by atoms with Gasteiger partial charge in [0.25, 0.3) is 0 Å². The summed E-state index contributed by atoms with van der Waals surface area (Å²) in [5, 5.41) is 0. The molecule has 1 heteroatoms. The van der Waals surface area contributed by atoms with Crippen LogP contribution in [0.5, 0.6) is 0 Å². The fourth-order valence-electron chi connectivity index (χ4n) is 0.470. The van der Waals surface area contributed by atoms with Crippen LogP contribution in [0.1, 0.15) is 5.56 Å². The molecule has 0 heterocycles. The van der Waals surface area contributed by atoms with E-state index in [0.717, 1.165) is 0 Å². The molecule has 0 aliphatic rings. The van der Waals surface area contributed by atoms with Gasteiger partial charge in [-0.2, -0.15) is 35.9 Å². The van der Waals surface area contributed by atoms with Crippen LogP contribution in [0.3, 0.4) is 0 Å². The predicted octanol–water partition coefficient (Wildman–Crippen LogP) is 1.79. The number of aryl methyl sites for hydroxylation is 1. The van der Waals surface area contributed by atoms with Crippen molar-refractivity contribution in [1.82, 2.24) is 0 Å². The molecular weight excluding hydrogens is 187 g/mol. The van der Waals surface area contributed by atoms with Crippen LogP contribution in [0, 0.1) is 13.0 Å². The van der Waals surface area contributed by atoms with Crippen molar-refractivity contribution in [2.75, 3.05) is 0 Å². The van der Waals surface area contributed by atoms with E-state index < -0.39 is 0 Å². The Morgan fingerprint density at radius 1 is 1.25 bits per heavy atom. The van der Waals surface area contributed by atoms with E-state index in [4.69, 9.17) is 0 Å². The molecule has 8 heavy (non-hydrogen) atoms. The fraction of sp³-hybridized carbons (Fsp3) is 0.143. The Kier molecular flexibility index (Phi) is 3.72. The van der Waals surface area contributed by atoms with Crippen LogP contribution in [-0.4, -0.2) is 0 Å². The minimum atomic E-state index is 0. The fourth-order valence-corrected chi connectivity index (χ4v) is 0.470. The van der Waals surface area contributed by atoms with Crippen LogP contribution in [0.2, 0.25) is 0 Å².